The first-order valence-electron chi connectivity index (χ1n) is 7.32. The normalized spacial score (nSPS) is 10.9. The molecule has 0 aromatic heterocycles. The third-order valence-corrected chi connectivity index (χ3v) is 3.66. The summed E-state index contributed by atoms with van der Waals surface area (Å²) in [6.45, 7) is 7.07. The van der Waals surface area contributed by atoms with Crippen molar-refractivity contribution in [1.29, 1.82) is 0 Å². The SMILES string of the molecule is CCN(Cc1ccc(N)cc1)Cc1cc(C)ccc1OC. The van der Waals surface area contributed by atoms with Crippen LogP contribution in [0.5, 0.6) is 5.75 Å². The van der Waals surface area contributed by atoms with Crippen LogP contribution in [-0.2, 0) is 13.1 Å². The summed E-state index contributed by atoms with van der Waals surface area (Å²) in [4.78, 5) is 2.39. The first-order chi connectivity index (χ1) is 10.1. The molecule has 0 heterocycles. The Morgan fingerprint density at radius 1 is 1.05 bits per heavy atom. The van der Waals surface area contributed by atoms with Gasteiger partial charge in [0.1, 0.15) is 5.75 Å². The van der Waals surface area contributed by atoms with Gasteiger partial charge in [0.15, 0.2) is 0 Å². The van der Waals surface area contributed by atoms with E-state index in [4.69, 9.17) is 10.5 Å². The van der Waals surface area contributed by atoms with Crippen molar-refractivity contribution in [2.24, 2.45) is 0 Å². The van der Waals surface area contributed by atoms with Crippen LogP contribution in [-0.4, -0.2) is 18.6 Å². The van der Waals surface area contributed by atoms with E-state index < -0.39 is 0 Å². The fourth-order valence-corrected chi connectivity index (χ4v) is 2.43. The highest BCUT2D eigenvalue weighted by Gasteiger charge is 2.09. The number of anilines is 1. The highest BCUT2D eigenvalue weighted by atomic mass is 16.5. The van der Waals surface area contributed by atoms with Gasteiger partial charge in [0, 0.05) is 24.3 Å². The third kappa shape index (κ3) is 4.23. The number of hydrogen-bond donors (Lipinski definition) is 1. The van der Waals surface area contributed by atoms with Gasteiger partial charge in [-0.15, -0.1) is 0 Å². The smallest absolute Gasteiger partial charge is 0.123 e. The molecule has 0 amide bonds. The Bertz CT molecular complexity index is 578. The van der Waals surface area contributed by atoms with Crippen molar-refractivity contribution >= 4 is 5.69 Å². The van der Waals surface area contributed by atoms with Crippen molar-refractivity contribution in [2.75, 3.05) is 19.4 Å². The summed E-state index contributed by atoms with van der Waals surface area (Å²) in [5, 5.41) is 0. The Morgan fingerprint density at radius 3 is 2.38 bits per heavy atom. The van der Waals surface area contributed by atoms with Gasteiger partial charge in [0.25, 0.3) is 0 Å². The molecule has 0 atom stereocenters. The van der Waals surface area contributed by atoms with Crippen LogP contribution in [0.15, 0.2) is 42.5 Å². The zero-order valence-corrected chi connectivity index (χ0v) is 13.1. The molecule has 0 spiro atoms. The molecule has 0 aliphatic carbocycles. The first-order valence-corrected chi connectivity index (χ1v) is 7.32. The predicted octanol–water partition coefficient (Wildman–Crippen LogP) is 3.61. The number of rotatable bonds is 6. The summed E-state index contributed by atoms with van der Waals surface area (Å²) in [7, 11) is 1.73. The van der Waals surface area contributed by atoms with Crippen LogP contribution in [0.4, 0.5) is 5.69 Å². The maximum absolute atomic E-state index is 5.74. The summed E-state index contributed by atoms with van der Waals surface area (Å²) in [6.07, 6.45) is 0. The molecule has 0 bridgehead atoms. The lowest BCUT2D eigenvalue weighted by atomic mass is 10.1. The highest BCUT2D eigenvalue weighted by Crippen LogP contribution is 2.22. The van der Waals surface area contributed by atoms with Crippen molar-refractivity contribution < 1.29 is 4.74 Å². The van der Waals surface area contributed by atoms with Crippen molar-refractivity contribution in [3.05, 3.63) is 59.2 Å². The lowest BCUT2D eigenvalue weighted by molar-refractivity contribution is 0.266. The molecule has 0 saturated heterocycles. The predicted molar refractivity (Wildman–Crippen MR) is 88.4 cm³/mol. The number of ether oxygens (including phenoxy) is 1. The van der Waals surface area contributed by atoms with Crippen LogP contribution in [0.1, 0.15) is 23.6 Å². The van der Waals surface area contributed by atoms with Crippen LogP contribution in [0.3, 0.4) is 0 Å². The Morgan fingerprint density at radius 2 is 1.76 bits per heavy atom. The van der Waals surface area contributed by atoms with Gasteiger partial charge in [-0.05, 0) is 37.2 Å². The van der Waals surface area contributed by atoms with Crippen LogP contribution in [0, 0.1) is 6.92 Å². The molecule has 2 aromatic rings. The Labute approximate surface area is 127 Å². The third-order valence-electron chi connectivity index (χ3n) is 3.66. The zero-order chi connectivity index (χ0) is 15.2. The molecule has 0 fully saturated rings. The summed E-state index contributed by atoms with van der Waals surface area (Å²) in [6, 6.07) is 14.4. The topological polar surface area (TPSA) is 38.5 Å². The maximum Gasteiger partial charge on any atom is 0.123 e. The largest absolute Gasteiger partial charge is 0.496 e. The molecule has 2 aromatic carbocycles. The molecule has 112 valence electrons. The van der Waals surface area contributed by atoms with Gasteiger partial charge < -0.3 is 10.5 Å². The monoisotopic (exact) mass is 284 g/mol. The molecule has 0 saturated carbocycles. The molecule has 0 unspecified atom stereocenters. The molecule has 0 aliphatic heterocycles. The summed E-state index contributed by atoms with van der Waals surface area (Å²) in [5.74, 6) is 0.955. The van der Waals surface area contributed by atoms with E-state index in [1.807, 2.05) is 18.2 Å². The Kier molecular flexibility index (Phi) is 5.23. The van der Waals surface area contributed by atoms with Gasteiger partial charge in [-0.25, -0.2) is 0 Å². The maximum atomic E-state index is 5.74. The number of nitrogen functional groups attached to an aromatic ring is 1. The van der Waals surface area contributed by atoms with Crippen molar-refractivity contribution in [3.8, 4) is 5.75 Å². The molecule has 3 heteroatoms. The number of nitrogens with zero attached hydrogens (tertiary/aromatic N) is 1. The minimum atomic E-state index is 0.808. The van der Waals surface area contributed by atoms with E-state index in [-0.39, 0.29) is 0 Å². The van der Waals surface area contributed by atoms with Crippen LogP contribution >= 0.6 is 0 Å². The van der Waals surface area contributed by atoms with Gasteiger partial charge in [-0.1, -0.05) is 36.8 Å². The van der Waals surface area contributed by atoms with E-state index in [0.717, 1.165) is 31.1 Å². The second-order valence-electron chi connectivity index (χ2n) is 5.36. The Hall–Kier alpha value is -2.00. The van der Waals surface area contributed by atoms with E-state index in [1.54, 1.807) is 7.11 Å². The molecule has 3 nitrogen and oxygen atoms in total. The lowest BCUT2D eigenvalue weighted by Crippen LogP contribution is -2.22. The van der Waals surface area contributed by atoms with E-state index in [1.165, 1.54) is 16.7 Å². The second kappa shape index (κ2) is 7.14. The summed E-state index contributed by atoms with van der Waals surface area (Å²) in [5.41, 5.74) is 10.3. The van der Waals surface area contributed by atoms with Crippen molar-refractivity contribution in [1.82, 2.24) is 4.90 Å². The lowest BCUT2D eigenvalue weighted by Gasteiger charge is -2.22. The van der Waals surface area contributed by atoms with Gasteiger partial charge in [-0.3, -0.25) is 4.90 Å². The molecular weight excluding hydrogens is 260 g/mol. The van der Waals surface area contributed by atoms with E-state index >= 15 is 0 Å². The average molecular weight is 284 g/mol. The number of methoxy groups -OCH3 is 1. The van der Waals surface area contributed by atoms with E-state index in [9.17, 15) is 0 Å². The van der Waals surface area contributed by atoms with Crippen LogP contribution < -0.4 is 10.5 Å². The second-order valence-corrected chi connectivity index (χ2v) is 5.36. The average Bonchev–Trinajstić information content (AvgIpc) is 2.49. The molecule has 0 aliphatic rings. The number of benzene rings is 2. The van der Waals surface area contributed by atoms with E-state index in [0.29, 0.717) is 0 Å². The van der Waals surface area contributed by atoms with Crippen molar-refractivity contribution in [3.63, 3.8) is 0 Å². The zero-order valence-electron chi connectivity index (χ0n) is 13.1. The summed E-state index contributed by atoms with van der Waals surface area (Å²) >= 11 is 0. The molecule has 2 rings (SSSR count). The van der Waals surface area contributed by atoms with Crippen LogP contribution in [0.25, 0.3) is 0 Å². The minimum Gasteiger partial charge on any atom is -0.496 e. The minimum absolute atomic E-state index is 0.808. The standard InChI is InChI=1S/C18H24N2O/c1-4-20(12-15-6-8-17(19)9-7-15)13-16-11-14(2)5-10-18(16)21-3/h5-11H,4,12-13,19H2,1-3H3. The van der Waals surface area contributed by atoms with Gasteiger partial charge in [-0.2, -0.15) is 0 Å². The van der Waals surface area contributed by atoms with Crippen molar-refractivity contribution in [2.45, 2.75) is 26.9 Å². The van der Waals surface area contributed by atoms with Gasteiger partial charge in [0.05, 0.1) is 7.11 Å². The quantitative estimate of drug-likeness (QED) is 0.824. The number of hydrogen-bond acceptors (Lipinski definition) is 3. The number of aryl methyl sites for hydroxylation is 1. The fourth-order valence-electron chi connectivity index (χ4n) is 2.43. The van der Waals surface area contributed by atoms with Gasteiger partial charge >= 0.3 is 0 Å². The van der Waals surface area contributed by atoms with Crippen LogP contribution in [0.2, 0.25) is 0 Å². The van der Waals surface area contributed by atoms with Gasteiger partial charge in [0.2, 0.25) is 0 Å². The molecular formula is C18H24N2O. The number of nitrogens with two attached hydrogens (primary N) is 1. The molecule has 21 heavy (non-hydrogen) atoms. The molecule has 0 radical (unpaired) electrons. The fraction of sp³-hybridized carbons (Fsp3) is 0.333. The van der Waals surface area contributed by atoms with E-state index in [2.05, 4.69) is 43.0 Å². The summed E-state index contributed by atoms with van der Waals surface area (Å²) < 4.78 is 5.47. The highest BCUT2D eigenvalue weighted by molar-refractivity contribution is 5.39. The molecule has 2 N–H and O–H groups in total. The Balaban J connectivity index is 2.11. The first kappa shape index (κ1) is 15.4.